The third kappa shape index (κ3) is 1.05. The number of hydrogen-bond donors (Lipinski definition) is 1. The number of nitrogens with two attached hydrogens (primary N) is 1. The lowest BCUT2D eigenvalue weighted by Gasteiger charge is -1.95. The van der Waals surface area contributed by atoms with Crippen molar-refractivity contribution < 1.29 is 4.39 Å². The predicted molar refractivity (Wildman–Crippen MR) is 41.7 cm³/mol. The summed E-state index contributed by atoms with van der Waals surface area (Å²) in [7, 11) is 0. The standard InChI is InChI=1S/C7H5FN4/c8-4-1-2-5-6(3-4)10-7(9)12-11-5/h1-3H,(H2,9,10,12). The van der Waals surface area contributed by atoms with Crippen molar-refractivity contribution in [3.8, 4) is 0 Å². The van der Waals surface area contributed by atoms with Gasteiger partial charge in [-0.2, -0.15) is 0 Å². The van der Waals surface area contributed by atoms with Crippen LogP contribution in [0.5, 0.6) is 0 Å². The van der Waals surface area contributed by atoms with E-state index in [4.69, 9.17) is 5.73 Å². The highest BCUT2D eigenvalue weighted by Crippen LogP contribution is 2.09. The summed E-state index contributed by atoms with van der Waals surface area (Å²) in [4.78, 5) is 3.80. The summed E-state index contributed by atoms with van der Waals surface area (Å²) in [6, 6.07) is 4.07. The molecule has 60 valence electrons. The molecular formula is C7H5FN4. The van der Waals surface area contributed by atoms with Crippen molar-refractivity contribution >= 4 is 17.0 Å². The second kappa shape index (κ2) is 2.37. The average molecular weight is 164 g/mol. The van der Waals surface area contributed by atoms with Gasteiger partial charge in [0.05, 0.1) is 5.52 Å². The molecule has 0 saturated carbocycles. The summed E-state index contributed by atoms with van der Waals surface area (Å²) in [5.74, 6) is -0.310. The minimum atomic E-state index is -0.359. The molecule has 0 atom stereocenters. The van der Waals surface area contributed by atoms with Crippen molar-refractivity contribution in [2.45, 2.75) is 0 Å². The summed E-state index contributed by atoms with van der Waals surface area (Å²) < 4.78 is 12.6. The lowest BCUT2D eigenvalue weighted by atomic mass is 10.3. The van der Waals surface area contributed by atoms with E-state index in [9.17, 15) is 4.39 Å². The molecule has 12 heavy (non-hydrogen) atoms. The van der Waals surface area contributed by atoms with Gasteiger partial charge in [0, 0.05) is 6.07 Å². The minimum Gasteiger partial charge on any atom is -0.366 e. The molecule has 1 aromatic carbocycles. The Kier molecular flexibility index (Phi) is 1.36. The predicted octanol–water partition coefficient (Wildman–Crippen LogP) is 0.746. The van der Waals surface area contributed by atoms with E-state index in [0.717, 1.165) is 0 Å². The molecule has 5 heteroatoms. The van der Waals surface area contributed by atoms with E-state index in [2.05, 4.69) is 15.2 Å². The highest BCUT2D eigenvalue weighted by Gasteiger charge is 1.99. The monoisotopic (exact) mass is 164 g/mol. The number of nitrogen functional groups attached to an aromatic ring is 1. The van der Waals surface area contributed by atoms with Gasteiger partial charge in [0.2, 0.25) is 5.95 Å². The molecule has 0 spiro atoms. The molecule has 2 N–H and O–H groups in total. The van der Waals surface area contributed by atoms with Crippen LogP contribution in [0.2, 0.25) is 0 Å². The fourth-order valence-electron chi connectivity index (χ4n) is 0.922. The van der Waals surface area contributed by atoms with Gasteiger partial charge in [-0.15, -0.1) is 10.2 Å². The van der Waals surface area contributed by atoms with Crippen molar-refractivity contribution in [2.75, 3.05) is 5.73 Å². The quantitative estimate of drug-likeness (QED) is 0.623. The molecule has 0 bridgehead atoms. The Morgan fingerprint density at radius 1 is 1.17 bits per heavy atom. The number of nitrogens with zero attached hydrogens (tertiary/aromatic N) is 3. The second-order valence-electron chi connectivity index (χ2n) is 2.30. The highest BCUT2D eigenvalue weighted by molar-refractivity contribution is 5.73. The number of fused-ring (bicyclic) bond motifs is 1. The number of halogens is 1. The first-order valence-electron chi connectivity index (χ1n) is 3.31. The smallest absolute Gasteiger partial charge is 0.240 e. The maximum Gasteiger partial charge on any atom is 0.240 e. The maximum absolute atomic E-state index is 12.6. The molecule has 0 aliphatic carbocycles. The van der Waals surface area contributed by atoms with Crippen LogP contribution < -0.4 is 5.73 Å². The van der Waals surface area contributed by atoms with Crippen molar-refractivity contribution in [3.63, 3.8) is 0 Å². The Labute approximate surface area is 67.2 Å². The molecule has 0 saturated heterocycles. The lowest BCUT2D eigenvalue weighted by molar-refractivity contribution is 0.629. The van der Waals surface area contributed by atoms with Crippen molar-refractivity contribution in [2.24, 2.45) is 0 Å². The molecule has 0 aliphatic heterocycles. The zero-order valence-corrected chi connectivity index (χ0v) is 6.03. The van der Waals surface area contributed by atoms with Crippen LogP contribution in [0.25, 0.3) is 11.0 Å². The van der Waals surface area contributed by atoms with Gasteiger partial charge in [-0.05, 0) is 12.1 Å². The summed E-state index contributed by atoms with van der Waals surface area (Å²) >= 11 is 0. The fourth-order valence-corrected chi connectivity index (χ4v) is 0.922. The molecule has 0 unspecified atom stereocenters. The van der Waals surface area contributed by atoms with E-state index in [1.54, 1.807) is 0 Å². The fraction of sp³-hybridized carbons (Fsp3) is 0. The van der Waals surface area contributed by atoms with Gasteiger partial charge in [0.1, 0.15) is 11.3 Å². The topological polar surface area (TPSA) is 64.7 Å². The second-order valence-corrected chi connectivity index (χ2v) is 2.30. The molecular weight excluding hydrogens is 159 g/mol. The van der Waals surface area contributed by atoms with Crippen molar-refractivity contribution in [3.05, 3.63) is 24.0 Å². The highest BCUT2D eigenvalue weighted by atomic mass is 19.1. The van der Waals surface area contributed by atoms with Gasteiger partial charge in [-0.1, -0.05) is 0 Å². The lowest BCUT2D eigenvalue weighted by Crippen LogP contribution is -1.97. The Balaban J connectivity index is 2.80. The van der Waals surface area contributed by atoms with Gasteiger partial charge < -0.3 is 5.73 Å². The molecule has 4 nitrogen and oxygen atoms in total. The molecule has 2 rings (SSSR count). The molecule has 1 aromatic heterocycles. The SMILES string of the molecule is Nc1nnc2ccc(F)cc2n1. The van der Waals surface area contributed by atoms with E-state index < -0.39 is 0 Å². The van der Waals surface area contributed by atoms with Crippen LogP contribution >= 0.6 is 0 Å². The summed E-state index contributed by atoms with van der Waals surface area (Å²) in [5, 5.41) is 7.25. The van der Waals surface area contributed by atoms with Crippen LogP contribution in [0.3, 0.4) is 0 Å². The van der Waals surface area contributed by atoms with Crippen LogP contribution in [0.1, 0.15) is 0 Å². The Hall–Kier alpha value is -1.78. The van der Waals surface area contributed by atoms with Gasteiger partial charge in [0.25, 0.3) is 0 Å². The zero-order chi connectivity index (χ0) is 8.55. The van der Waals surface area contributed by atoms with Crippen LogP contribution in [0.15, 0.2) is 18.2 Å². The number of hydrogen-bond acceptors (Lipinski definition) is 4. The maximum atomic E-state index is 12.6. The van der Waals surface area contributed by atoms with Gasteiger partial charge in [0.15, 0.2) is 0 Å². The van der Waals surface area contributed by atoms with Crippen molar-refractivity contribution in [1.82, 2.24) is 15.2 Å². The Morgan fingerprint density at radius 3 is 2.83 bits per heavy atom. The third-order valence-corrected chi connectivity index (χ3v) is 1.43. The number of aromatic nitrogens is 3. The zero-order valence-electron chi connectivity index (χ0n) is 6.03. The van der Waals surface area contributed by atoms with E-state index in [1.807, 2.05) is 0 Å². The van der Waals surface area contributed by atoms with E-state index in [-0.39, 0.29) is 11.8 Å². The van der Waals surface area contributed by atoms with Crippen LogP contribution in [-0.4, -0.2) is 15.2 Å². The Morgan fingerprint density at radius 2 is 2.00 bits per heavy atom. The van der Waals surface area contributed by atoms with E-state index in [1.165, 1.54) is 18.2 Å². The van der Waals surface area contributed by atoms with Gasteiger partial charge in [-0.3, -0.25) is 0 Å². The number of benzene rings is 1. The van der Waals surface area contributed by atoms with Crippen LogP contribution in [0, 0.1) is 5.82 Å². The first kappa shape index (κ1) is 6.90. The largest absolute Gasteiger partial charge is 0.366 e. The third-order valence-electron chi connectivity index (χ3n) is 1.43. The van der Waals surface area contributed by atoms with Gasteiger partial charge in [-0.25, -0.2) is 9.37 Å². The number of anilines is 1. The molecule has 0 fully saturated rings. The number of rotatable bonds is 0. The average Bonchev–Trinajstić information content (AvgIpc) is 2.03. The minimum absolute atomic E-state index is 0.0492. The Bertz CT molecular complexity index is 392. The summed E-state index contributed by atoms with van der Waals surface area (Å²) in [6.45, 7) is 0. The molecule has 0 amide bonds. The molecule has 0 aliphatic rings. The van der Waals surface area contributed by atoms with E-state index >= 15 is 0 Å². The summed E-state index contributed by atoms with van der Waals surface area (Å²) in [6.07, 6.45) is 0. The molecule has 0 radical (unpaired) electrons. The van der Waals surface area contributed by atoms with Crippen LogP contribution in [0.4, 0.5) is 10.3 Å². The normalized spacial score (nSPS) is 10.4. The van der Waals surface area contributed by atoms with Crippen molar-refractivity contribution in [1.29, 1.82) is 0 Å². The summed E-state index contributed by atoms with van der Waals surface area (Å²) in [5.41, 5.74) is 6.22. The first-order valence-corrected chi connectivity index (χ1v) is 3.31. The molecule has 2 aromatic rings. The van der Waals surface area contributed by atoms with Crippen LogP contribution in [-0.2, 0) is 0 Å². The first-order chi connectivity index (χ1) is 5.75. The van der Waals surface area contributed by atoms with E-state index in [0.29, 0.717) is 11.0 Å². The van der Waals surface area contributed by atoms with Gasteiger partial charge >= 0.3 is 0 Å². The molecule has 1 heterocycles.